The van der Waals surface area contributed by atoms with Gasteiger partial charge in [-0.3, -0.25) is 0 Å². The van der Waals surface area contributed by atoms with Gasteiger partial charge in [-0.15, -0.1) is 5.10 Å². The first kappa shape index (κ1) is 14.2. The molecule has 0 saturated heterocycles. The molecule has 19 heavy (non-hydrogen) atoms. The van der Waals surface area contributed by atoms with Gasteiger partial charge in [0.25, 0.3) is 0 Å². The Morgan fingerprint density at radius 3 is 2.68 bits per heavy atom. The highest BCUT2D eigenvalue weighted by molar-refractivity contribution is 9.10. The topological polar surface area (TPSA) is 42.7 Å². The van der Waals surface area contributed by atoms with Gasteiger partial charge in [0.15, 0.2) is 0 Å². The third kappa shape index (κ3) is 3.64. The lowest BCUT2D eigenvalue weighted by atomic mass is 10.1. The van der Waals surface area contributed by atoms with Gasteiger partial charge in [-0.1, -0.05) is 27.2 Å². The molecule has 4 nitrogen and oxygen atoms in total. The standard InChI is InChI=1S/C14H19BrN4/c1-10-5-6-11(7-13(10)15)19-12(9-17-18-19)8-16-14(2,3)4/h5-7,9,16H,8H2,1-4H3. The van der Waals surface area contributed by atoms with E-state index >= 15 is 0 Å². The van der Waals surface area contributed by atoms with Gasteiger partial charge in [0.2, 0.25) is 0 Å². The second-order valence-corrected chi connectivity index (χ2v) is 6.53. The summed E-state index contributed by atoms with van der Waals surface area (Å²) in [5, 5.41) is 11.6. The number of aryl methyl sites for hydroxylation is 1. The van der Waals surface area contributed by atoms with Gasteiger partial charge in [-0.05, 0) is 45.4 Å². The van der Waals surface area contributed by atoms with Gasteiger partial charge < -0.3 is 5.32 Å². The Balaban J connectivity index is 2.26. The number of aromatic nitrogens is 3. The van der Waals surface area contributed by atoms with E-state index in [9.17, 15) is 0 Å². The van der Waals surface area contributed by atoms with Crippen molar-refractivity contribution in [2.45, 2.75) is 39.8 Å². The van der Waals surface area contributed by atoms with Crippen LogP contribution >= 0.6 is 15.9 Å². The highest BCUT2D eigenvalue weighted by Gasteiger charge is 2.12. The van der Waals surface area contributed by atoms with Crippen LogP contribution < -0.4 is 5.32 Å². The van der Waals surface area contributed by atoms with Gasteiger partial charge in [0.05, 0.1) is 17.6 Å². The highest BCUT2D eigenvalue weighted by atomic mass is 79.9. The summed E-state index contributed by atoms with van der Waals surface area (Å²) in [7, 11) is 0. The lowest BCUT2D eigenvalue weighted by Crippen LogP contribution is -2.35. The maximum absolute atomic E-state index is 4.16. The van der Waals surface area contributed by atoms with E-state index in [1.54, 1.807) is 6.20 Å². The van der Waals surface area contributed by atoms with Crippen LogP contribution in [-0.4, -0.2) is 20.5 Å². The minimum absolute atomic E-state index is 0.0724. The first-order valence-electron chi connectivity index (χ1n) is 6.28. The molecule has 1 N–H and O–H groups in total. The fourth-order valence-electron chi connectivity index (χ4n) is 1.66. The van der Waals surface area contributed by atoms with Crippen molar-refractivity contribution in [1.29, 1.82) is 0 Å². The van der Waals surface area contributed by atoms with Crippen LogP contribution in [0.1, 0.15) is 32.0 Å². The average Bonchev–Trinajstić information content (AvgIpc) is 2.77. The molecule has 1 aromatic carbocycles. The van der Waals surface area contributed by atoms with Crippen LogP contribution in [0.25, 0.3) is 5.69 Å². The molecule has 0 fully saturated rings. The molecule has 0 aliphatic rings. The second kappa shape index (κ2) is 5.43. The molecule has 0 aliphatic carbocycles. The van der Waals surface area contributed by atoms with Gasteiger partial charge in [-0.2, -0.15) is 0 Å². The highest BCUT2D eigenvalue weighted by Crippen LogP contribution is 2.20. The summed E-state index contributed by atoms with van der Waals surface area (Å²) < 4.78 is 2.94. The SMILES string of the molecule is Cc1ccc(-n2nncc2CNC(C)(C)C)cc1Br. The monoisotopic (exact) mass is 322 g/mol. The molecule has 2 aromatic rings. The van der Waals surface area contributed by atoms with Crippen molar-refractivity contribution in [3.63, 3.8) is 0 Å². The van der Waals surface area contributed by atoms with Gasteiger partial charge in [0.1, 0.15) is 0 Å². The van der Waals surface area contributed by atoms with E-state index in [-0.39, 0.29) is 5.54 Å². The van der Waals surface area contributed by atoms with E-state index in [1.165, 1.54) is 5.56 Å². The molecule has 0 unspecified atom stereocenters. The molecule has 5 heteroatoms. The van der Waals surface area contributed by atoms with E-state index in [1.807, 2.05) is 4.68 Å². The summed E-state index contributed by atoms with van der Waals surface area (Å²) in [4.78, 5) is 0. The molecule has 0 atom stereocenters. The minimum Gasteiger partial charge on any atom is -0.306 e. The van der Waals surface area contributed by atoms with Crippen molar-refractivity contribution in [3.05, 3.63) is 40.1 Å². The summed E-state index contributed by atoms with van der Waals surface area (Å²) in [5.41, 5.74) is 3.34. The predicted octanol–water partition coefficient (Wildman–Crippen LogP) is 3.23. The molecule has 0 amide bonds. The largest absolute Gasteiger partial charge is 0.306 e. The van der Waals surface area contributed by atoms with E-state index < -0.39 is 0 Å². The number of hydrogen-bond acceptors (Lipinski definition) is 3. The molecular weight excluding hydrogens is 304 g/mol. The van der Waals surface area contributed by atoms with E-state index in [4.69, 9.17) is 0 Å². The Bertz CT molecular complexity index is 569. The molecule has 0 aliphatic heterocycles. The molecular formula is C14H19BrN4. The fraction of sp³-hybridized carbons (Fsp3) is 0.429. The Morgan fingerprint density at radius 2 is 2.05 bits per heavy atom. The molecule has 0 saturated carbocycles. The average molecular weight is 323 g/mol. The zero-order chi connectivity index (χ0) is 14.0. The van der Waals surface area contributed by atoms with Crippen LogP contribution in [0.5, 0.6) is 0 Å². The van der Waals surface area contributed by atoms with Gasteiger partial charge in [-0.25, -0.2) is 4.68 Å². The summed E-state index contributed by atoms with van der Waals surface area (Å²) in [6.07, 6.45) is 1.80. The molecule has 2 rings (SSSR count). The van der Waals surface area contributed by atoms with Crippen molar-refractivity contribution < 1.29 is 0 Å². The molecule has 1 aromatic heterocycles. The Morgan fingerprint density at radius 1 is 1.32 bits per heavy atom. The zero-order valence-electron chi connectivity index (χ0n) is 11.7. The number of rotatable bonds is 3. The number of nitrogens with one attached hydrogen (secondary N) is 1. The van der Waals surface area contributed by atoms with Crippen LogP contribution in [-0.2, 0) is 6.54 Å². The maximum atomic E-state index is 4.16. The van der Waals surface area contributed by atoms with E-state index in [2.05, 4.69) is 77.5 Å². The van der Waals surface area contributed by atoms with Crippen molar-refractivity contribution in [2.75, 3.05) is 0 Å². The molecule has 1 heterocycles. The number of benzene rings is 1. The van der Waals surface area contributed by atoms with Crippen LogP contribution in [0, 0.1) is 6.92 Å². The molecule has 0 radical (unpaired) electrons. The first-order valence-corrected chi connectivity index (χ1v) is 7.07. The zero-order valence-corrected chi connectivity index (χ0v) is 13.3. The third-order valence-corrected chi connectivity index (χ3v) is 3.67. The Kier molecular flexibility index (Phi) is 4.06. The van der Waals surface area contributed by atoms with Crippen molar-refractivity contribution in [1.82, 2.24) is 20.3 Å². The first-order chi connectivity index (χ1) is 8.87. The van der Waals surface area contributed by atoms with Crippen molar-refractivity contribution >= 4 is 15.9 Å². The van der Waals surface area contributed by atoms with Crippen LogP contribution in [0.15, 0.2) is 28.9 Å². The van der Waals surface area contributed by atoms with Gasteiger partial charge >= 0.3 is 0 Å². The van der Waals surface area contributed by atoms with E-state index in [0.29, 0.717) is 0 Å². The Labute approximate surface area is 122 Å². The number of halogens is 1. The Hall–Kier alpha value is -1.20. The smallest absolute Gasteiger partial charge is 0.0783 e. The van der Waals surface area contributed by atoms with Crippen LogP contribution in [0.3, 0.4) is 0 Å². The number of nitrogens with zero attached hydrogens (tertiary/aromatic N) is 3. The molecule has 0 spiro atoms. The summed E-state index contributed by atoms with van der Waals surface area (Å²) in [6.45, 7) is 9.23. The third-order valence-electron chi connectivity index (χ3n) is 2.82. The van der Waals surface area contributed by atoms with Crippen molar-refractivity contribution in [3.8, 4) is 5.69 Å². The predicted molar refractivity (Wildman–Crippen MR) is 80.4 cm³/mol. The van der Waals surface area contributed by atoms with Crippen LogP contribution in [0.4, 0.5) is 0 Å². The summed E-state index contributed by atoms with van der Waals surface area (Å²) >= 11 is 3.55. The molecule has 0 bridgehead atoms. The number of hydrogen-bond donors (Lipinski definition) is 1. The molecule has 102 valence electrons. The lowest BCUT2D eigenvalue weighted by molar-refractivity contribution is 0.418. The van der Waals surface area contributed by atoms with Crippen LogP contribution in [0.2, 0.25) is 0 Å². The fourth-order valence-corrected chi connectivity index (χ4v) is 2.03. The lowest BCUT2D eigenvalue weighted by Gasteiger charge is -2.20. The maximum Gasteiger partial charge on any atom is 0.0783 e. The quantitative estimate of drug-likeness (QED) is 0.943. The normalized spacial score (nSPS) is 11.8. The minimum atomic E-state index is 0.0724. The van der Waals surface area contributed by atoms with E-state index in [0.717, 1.165) is 22.4 Å². The summed E-state index contributed by atoms with van der Waals surface area (Å²) in [5.74, 6) is 0. The van der Waals surface area contributed by atoms with Crippen molar-refractivity contribution in [2.24, 2.45) is 0 Å². The second-order valence-electron chi connectivity index (χ2n) is 5.67. The van der Waals surface area contributed by atoms with Gasteiger partial charge in [0, 0.05) is 16.6 Å². The summed E-state index contributed by atoms with van der Waals surface area (Å²) in [6, 6.07) is 6.18.